The van der Waals surface area contributed by atoms with Crippen LogP contribution in [-0.2, 0) is 11.2 Å². The Morgan fingerprint density at radius 3 is 2.78 bits per heavy atom. The van der Waals surface area contributed by atoms with Crippen molar-refractivity contribution >= 4 is 5.91 Å². The number of aryl methyl sites for hydroxylation is 1. The molecule has 0 saturated heterocycles. The Labute approximate surface area is 109 Å². The Morgan fingerprint density at radius 2 is 2.06 bits per heavy atom. The molecule has 0 bridgehead atoms. The summed E-state index contributed by atoms with van der Waals surface area (Å²) in [4.78, 5) is 14.1. The summed E-state index contributed by atoms with van der Waals surface area (Å²) in [7, 11) is 0. The van der Waals surface area contributed by atoms with Crippen LogP contribution in [-0.4, -0.2) is 30.4 Å². The van der Waals surface area contributed by atoms with Gasteiger partial charge in [-0.2, -0.15) is 0 Å². The Kier molecular flexibility index (Phi) is 4.37. The molecule has 3 heteroatoms. The van der Waals surface area contributed by atoms with Crippen LogP contribution in [0.25, 0.3) is 0 Å². The Morgan fingerprint density at radius 1 is 1.33 bits per heavy atom. The van der Waals surface area contributed by atoms with Gasteiger partial charge in [-0.3, -0.25) is 9.69 Å². The zero-order valence-corrected chi connectivity index (χ0v) is 11.3. The third-order valence-corrected chi connectivity index (χ3v) is 3.73. The Hall–Kier alpha value is -1.35. The molecule has 1 aliphatic carbocycles. The molecule has 1 aliphatic rings. The second-order valence-corrected chi connectivity index (χ2v) is 4.82. The van der Waals surface area contributed by atoms with E-state index in [0.29, 0.717) is 6.54 Å². The zero-order chi connectivity index (χ0) is 13.0. The minimum Gasteiger partial charge on any atom is -0.348 e. The second-order valence-electron chi connectivity index (χ2n) is 4.82. The highest BCUT2D eigenvalue weighted by atomic mass is 16.2. The molecule has 0 aromatic heterocycles. The second kappa shape index (κ2) is 6.01. The number of nitrogens with zero attached hydrogens (tertiary/aromatic N) is 1. The molecule has 1 aromatic carbocycles. The maximum atomic E-state index is 12.0. The van der Waals surface area contributed by atoms with Crippen molar-refractivity contribution in [3.63, 3.8) is 0 Å². The van der Waals surface area contributed by atoms with Gasteiger partial charge in [-0.05, 0) is 37.1 Å². The number of nitrogens with one attached hydrogen (secondary N) is 1. The predicted molar refractivity (Wildman–Crippen MR) is 73.4 cm³/mol. The van der Waals surface area contributed by atoms with Crippen LogP contribution in [0.4, 0.5) is 0 Å². The Bertz CT molecular complexity index is 413. The lowest BCUT2D eigenvalue weighted by Gasteiger charge is -2.20. The summed E-state index contributed by atoms with van der Waals surface area (Å²) < 4.78 is 0. The molecule has 18 heavy (non-hydrogen) atoms. The number of benzene rings is 1. The molecule has 1 aromatic rings. The largest absolute Gasteiger partial charge is 0.348 e. The number of rotatable bonds is 5. The van der Waals surface area contributed by atoms with E-state index < -0.39 is 0 Å². The van der Waals surface area contributed by atoms with Crippen molar-refractivity contribution in [1.29, 1.82) is 0 Å². The third kappa shape index (κ3) is 2.91. The maximum Gasteiger partial charge on any atom is 0.234 e. The molecule has 0 aliphatic heterocycles. The Balaban J connectivity index is 1.93. The standard InChI is InChI=1S/C15H22N2O/c1-3-17(4-2)11-15(18)16-14-10-9-12-7-5-6-8-13(12)14/h5-8,14H,3-4,9-11H2,1-2H3,(H,16,18). The quantitative estimate of drug-likeness (QED) is 0.863. The number of hydrogen-bond acceptors (Lipinski definition) is 2. The van der Waals surface area contributed by atoms with Crippen molar-refractivity contribution in [2.24, 2.45) is 0 Å². The van der Waals surface area contributed by atoms with E-state index in [1.54, 1.807) is 0 Å². The molecule has 1 unspecified atom stereocenters. The van der Waals surface area contributed by atoms with E-state index >= 15 is 0 Å². The summed E-state index contributed by atoms with van der Waals surface area (Å²) in [5, 5.41) is 3.15. The number of amides is 1. The minimum atomic E-state index is 0.139. The SMILES string of the molecule is CCN(CC)CC(=O)NC1CCc2ccccc21. The summed E-state index contributed by atoms with van der Waals surface area (Å²) in [5.74, 6) is 0.139. The van der Waals surface area contributed by atoms with Gasteiger partial charge in [0.25, 0.3) is 0 Å². The van der Waals surface area contributed by atoms with E-state index in [2.05, 4.69) is 42.3 Å². The first-order valence-corrected chi connectivity index (χ1v) is 6.84. The fraction of sp³-hybridized carbons (Fsp3) is 0.533. The highest BCUT2D eigenvalue weighted by molar-refractivity contribution is 5.78. The molecule has 0 radical (unpaired) electrons. The number of carbonyl (C=O) groups excluding carboxylic acids is 1. The molecular weight excluding hydrogens is 224 g/mol. The van der Waals surface area contributed by atoms with Gasteiger partial charge in [0.15, 0.2) is 0 Å². The molecule has 1 N–H and O–H groups in total. The van der Waals surface area contributed by atoms with Gasteiger partial charge in [-0.15, -0.1) is 0 Å². The van der Waals surface area contributed by atoms with Gasteiger partial charge in [-0.25, -0.2) is 0 Å². The monoisotopic (exact) mass is 246 g/mol. The van der Waals surface area contributed by atoms with Crippen molar-refractivity contribution in [2.45, 2.75) is 32.7 Å². The van der Waals surface area contributed by atoms with Crippen LogP contribution in [0.15, 0.2) is 24.3 Å². The van der Waals surface area contributed by atoms with Crippen LogP contribution in [0, 0.1) is 0 Å². The molecule has 0 spiro atoms. The number of hydrogen-bond donors (Lipinski definition) is 1. The highest BCUT2D eigenvalue weighted by Gasteiger charge is 2.23. The summed E-state index contributed by atoms with van der Waals surface area (Å²) in [5.41, 5.74) is 2.68. The lowest BCUT2D eigenvalue weighted by molar-refractivity contribution is -0.122. The van der Waals surface area contributed by atoms with Crippen molar-refractivity contribution in [2.75, 3.05) is 19.6 Å². The van der Waals surface area contributed by atoms with E-state index in [0.717, 1.165) is 25.9 Å². The van der Waals surface area contributed by atoms with E-state index in [9.17, 15) is 4.79 Å². The lowest BCUT2D eigenvalue weighted by atomic mass is 10.1. The van der Waals surface area contributed by atoms with Gasteiger partial charge in [0.05, 0.1) is 12.6 Å². The maximum absolute atomic E-state index is 12.0. The van der Waals surface area contributed by atoms with Gasteiger partial charge in [0.2, 0.25) is 5.91 Å². The van der Waals surface area contributed by atoms with Crippen LogP contribution in [0.5, 0.6) is 0 Å². The van der Waals surface area contributed by atoms with Gasteiger partial charge < -0.3 is 5.32 Å². The first-order chi connectivity index (χ1) is 8.74. The van der Waals surface area contributed by atoms with Crippen molar-refractivity contribution in [3.8, 4) is 0 Å². The van der Waals surface area contributed by atoms with Crippen molar-refractivity contribution in [1.82, 2.24) is 10.2 Å². The van der Waals surface area contributed by atoms with Crippen LogP contribution < -0.4 is 5.32 Å². The number of likely N-dealkylation sites (N-methyl/N-ethyl adjacent to an activating group) is 1. The fourth-order valence-electron chi connectivity index (χ4n) is 2.60. The summed E-state index contributed by atoms with van der Waals surface area (Å²) >= 11 is 0. The topological polar surface area (TPSA) is 32.3 Å². The van der Waals surface area contributed by atoms with Crippen LogP contribution in [0.2, 0.25) is 0 Å². The molecule has 1 atom stereocenters. The van der Waals surface area contributed by atoms with Gasteiger partial charge in [0, 0.05) is 0 Å². The number of fused-ring (bicyclic) bond motifs is 1. The average molecular weight is 246 g/mol. The lowest BCUT2D eigenvalue weighted by Crippen LogP contribution is -2.38. The molecule has 1 amide bonds. The first-order valence-electron chi connectivity index (χ1n) is 6.84. The van der Waals surface area contributed by atoms with E-state index in [1.165, 1.54) is 11.1 Å². The van der Waals surface area contributed by atoms with Crippen LogP contribution >= 0.6 is 0 Å². The molecule has 0 fully saturated rings. The van der Waals surface area contributed by atoms with Gasteiger partial charge in [0.1, 0.15) is 0 Å². The molecular formula is C15H22N2O. The molecule has 0 heterocycles. The predicted octanol–water partition coefficient (Wildman–Crippen LogP) is 2.13. The van der Waals surface area contributed by atoms with E-state index in [4.69, 9.17) is 0 Å². The van der Waals surface area contributed by atoms with Crippen molar-refractivity contribution < 1.29 is 4.79 Å². The average Bonchev–Trinajstić information content (AvgIpc) is 2.79. The summed E-state index contributed by atoms with van der Waals surface area (Å²) in [6.07, 6.45) is 2.11. The van der Waals surface area contributed by atoms with Crippen molar-refractivity contribution in [3.05, 3.63) is 35.4 Å². The molecule has 3 nitrogen and oxygen atoms in total. The van der Waals surface area contributed by atoms with Gasteiger partial charge >= 0.3 is 0 Å². The fourth-order valence-corrected chi connectivity index (χ4v) is 2.60. The zero-order valence-electron chi connectivity index (χ0n) is 11.3. The summed E-state index contributed by atoms with van der Waals surface area (Å²) in [6.45, 7) is 6.52. The summed E-state index contributed by atoms with van der Waals surface area (Å²) in [6, 6.07) is 8.62. The minimum absolute atomic E-state index is 0.139. The highest BCUT2D eigenvalue weighted by Crippen LogP contribution is 2.30. The molecule has 0 saturated carbocycles. The van der Waals surface area contributed by atoms with Gasteiger partial charge in [-0.1, -0.05) is 38.1 Å². The molecule has 98 valence electrons. The molecule has 2 rings (SSSR count). The van der Waals surface area contributed by atoms with E-state index in [-0.39, 0.29) is 11.9 Å². The smallest absolute Gasteiger partial charge is 0.234 e. The normalized spacial score (nSPS) is 17.8. The first kappa shape index (κ1) is 13.1. The van der Waals surface area contributed by atoms with Crippen LogP contribution in [0.1, 0.15) is 37.4 Å². The van der Waals surface area contributed by atoms with Crippen LogP contribution in [0.3, 0.4) is 0 Å². The van der Waals surface area contributed by atoms with E-state index in [1.807, 2.05) is 6.07 Å². The third-order valence-electron chi connectivity index (χ3n) is 3.73. The number of carbonyl (C=O) groups is 1.